The van der Waals surface area contributed by atoms with Crippen LogP contribution in [0.4, 0.5) is 0 Å². The third kappa shape index (κ3) is 18.0. The van der Waals surface area contributed by atoms with Gasteiger partial charge in [-0.15, -0.1) is 0 Å². The number of carboxylic acids is 2. The minimum atomic E-state index is -1.33. The summed E-state index contributed by atoms with van der Waals surface area (Å²) in [6.07, 6.45) is -1.08. The van der Waals surface area contributed by atoms with Crippen molar-refractivity contribution in [1.29, 1.82) is 0 Å². The molecule has 6 aromatic carbocycles. The standard InChI is InChI=1S/C46H30O16.6Na.6H/c47-39(57-35-21-9-3-15-29(35)43(53)61-37-23-11-5-17-31(37)45(55)59-33-19-7-1-13-27(33)41(49)50)25-26-40(48)58-36-22-10-4-16-30(36)44(54)62-38-24-12-6-18-32(38)46(56)60-34-20-8-2-14-28(34)42(51)52;;;;;;;;;;;;/h1-24H,25-26H2,(H,49,50)(H,51,52);;;;;;;;;;;;/q;6*+1;6*-1. The summed E-state index contributed by atoms with van der Waals surface area (Å²) in [5.41, 5.74) is -1.42. The Morgan fingerprint density at radius 3 is 0.691 bits per heavy atom. The number of carbonyl (C=O) groups is 8. The van der Waals surface area contributed by atoms with Crippen molar-refractivity contribution in [2.75, 3.05) is 0 Å². The van der Waals surface area contributed by atoms with E-state index in [1.165, 1.54) is 146 Å². The third-order valence-electron chi connectivity index (χ3n) is 8.45. The van der Waals surface area contributed by atoms with Crippen molar-refractivity contribution >= 4 is 47.8 Å². The first kappa shape index (κ1) is 65.1. The normalized spacial score (nSPS) is 9.47. The Morgan fingerprint density at radius 2 is 0.471 bits per heavy atom. The van der Waals surface area contributed by atoms with Crippen molar-refractivity contribution in [3.8, 4) is 34.5 Å². The van der Waals surface area contributed by atoms with Gasteiger partial charge in [0.15, 0.2) is 0 Å². The second kappa shape index (κ2) is 32.1. The minimum absolute atomic E-state index is 0. The van der Waals surface area contributed by atoms with Crippen LogP contribution >= 0.6 is 0 Å². The molecule has 0 heterocycles. The van der Waals surface area contributed by atoms with Crippen molar-refractivity contribution in [2.24, 2.45) is 0 Å². The fourth-order valence-electron chi connectivity index (χ4n) is 5.53. The van der Waals surface area contributed by atoms with Gasteiger partial charge in [0, 0.05) is 0 Å². The van der Waals surface area contributed by atoms with Gasteiger partial charge in [0.25, 0.3) is 0 Å². The van der Waals surface area contributed by atoms with E-state index < -0.39 is 60.6 Å². The van der Waals surface area contributed by atoms with Crippen molar-refractivity contribution in [1.82, 2.24) is 0 Å². The van der Waals surface area contributed by atoms with Gasteiger partial charge >= 0.3 is 225 Å². The molecule has 68 heavy (non-hydrogen) atoms. The number of hydrogen-bond donors (Lipinski definition) is 2. The van der Waals surface area contributed by atoms with Crippen LogP contribution in [0.2, 0.25) is 0 Å². The summed E-state index contributed by atoms with van der Waals surface area (Å²) in [4.78, 5) is 102. The molecule has 0 aliphatic rings. The summed E-state index contributed by atoms with van der Waals surface area (Å²) < 4.78 is 32.3. The zero-order valence-electron chi connectivity index (χ0n) is 43.9. The Hall–Kier alpha value is -2.92. The summed E-state index contributed by atoms with van der Waals surface area (Å²) in [5, 5.41) is 18.9. The fourth-order valence-corrected chi connectivity index (χ4v) is 5.53. The summed E-state index contributed by atoms with van der Waals surface area (Å²) in [6, 6.07) is 33.1. The van der Waals surface area contributed by atoms with Gasteiger partial charge in [0.1, 0.15) is 67.9 Å². The van der Waals surface area contributed by atoms with Gasteiger partial charge in [-0.1, -0.05) is 72.8 Å². The molecule has 6 aromatic rings. The average Bonchev–Trinajstić information content (AvgIpc) is 3.26. The Bertz CT molecular complexity index is 2610. The smallest absolute Gasteiger partial charge is 1.00 e. The number of hydrogen-bond acceptors (Lipinski definition) is 14. The molecule has 0 saturated carbocycles. The first-order valence-electron chi connectivity index (χ1n) is 18.2. The predicted molar refractivity (Wildman–Crippen MR) is 220 cm³/mol. The molecular weight excluding hydrogens is 946 g/mol. The number of benzene rings is 6. The van der Waals surface area contributed by atoms with Crippen LogP contribution in [0.5, 0.6) is 34.5 Å². The maximum absolute atomic E-state index is 13.3. The van der Waals surface area contributed by atoms with E-state index in [1.54, 1.807) is 0 Å². The first-order chi connectivity index (χ1) is 29.9. The van der Waals surface area contributed by atoms with Crippen molar-refractivity contribution in [3.63, 3.8) is 0 Å². The Kier molecular flexibility index (Phi) is 30.8. The van der Waals surface area contributed by atoms with Crippen molar-refractivity contribution < 1.29 is 263 Å². The van der Waals surface area contributed by atoms with E-state index >= 15 is 0 Å². The minimum Gasteiger partial charge on any atom is -1.00 e. The average molecular weight is 983 g/mol. The zero-order chi connectivity index (χ0) is 44.2. The Labute approximate surface area is 529 Å². The summed E-state index contributed by atoms with van der Waals surface area (Å²) in [5.74, 6) is -10.1. The van der Waals surface area contributed by atoms with E-state index in [4.69, 9.17) is 28.4 Å². The van der Waals surface area contributed by atoms with E-state index in [-0.39, 0.29) is 254 Å². The van der Waals surface area contributed by atoms with Crippen molar-refractivity contribution in [3.05, 3.63) is 179 Å². The Morgan fingerprint density at radius 1 is 0.294 bits per heavy atom. The third-order valence-corrected chi connectivity index (χ3v) is 8.45. The molecule has 0 amide bonds. The summed E-state index contributed by atoms with van der Waals surface area (Å²) >= 11 is 0. The van der Waals surface area contributed by atoms with E-state index in [1.807, 2.05) is 0 Å². The molecule has 0 spiro atoms. The number of carbonyl (C=O) groups excluding carboxylic acids is 6. The van der Waals surface area contributed by atoms with Crippen LogP contribution in [0, 0.1) is 0 Å². The van der Waals surface area contributed by atoms with Crippen LogP contribution in [0.15, 0.2) is 146 Å². The Balaban J connectivity index is -0.000000748. The number of rotatable bonds is 15. The number of carboxylic acid groups (broad SMARTS) is 2. The maximum atomic E-state index is 13.3. The molecule has 322 valence electrons. The zero-order valence-corrected chi connectivity index (χ0v) is 49.9. The summed E-state index contributed by atoms with van der Waals surface area (Å²) in [7, 11) is 0. The first-order valence-corrected chi connectivity index (χ1v) is 18.2. The molecule has 16 nitrogen and oxygen atoms in total. The van der Waals surface area contributed by atoms with E-state index in [2.05, 4.69) is 0 Å². The van der Waals surface area contributed by atoms with E-state index in [9.17, 15) is 48.6 Å². The summed E-state index contributed by atoms with van der Waals surface area (Å²) in [6.45, 7) is 0. The quantitative estimate of drug-likeness (QED) is 0.0553. The van der Waals surface area contributed by atoms with Crippen molar-refractivity contribution in [2.45, 2.75) is 12.8 Å². The number of para-hydroxylation sites is 6. The van der Waals surface area contributed by atoms with Gasteiger partial charge in [-0.2, -0.15) is 0 Å². The number of ether oxygens (including phenoxy) is 6. The molecular formula is C46H36Na6O16. The van der Waals surface area contributed by atoms with Gasteiger partial charge in [0.05, 0.1) is 12.8 Å². The van der Waals surface area contributed by atoms with Gasteiger partial charge < -0.3 is 47.2 Å². The second-order valence-corrected chi connectivity index (χ2v) is 12.6. The fraction of sp³-hybridized carbons (Fsp3) is 0.0435. The van der Waals surface area contributed by atoms with Crippen LogP contribution in [0.3, 0.4) is 0 Å². The molecule has 0 atom stereocenters. The predicted octanol–water partition coefficient (Wildman–Crippen LogP) is -10.1. The molecule has 0 aliphatic heterocycles. The largest absolute Gasteiger partial charge is 1.00 e. The number of aromatic carboxylic acids is 2. The van der Waals surface area contributed by atoms with Gasteiger partial charge in [-0.05, 0) is 72.8 Å². The monoisotopic (exact) mass is 982 g/mol. The van der Waals surface area contributed by atoms with E-state index in [0.29, 0.717) is 0 Å². The van der Waals surface area contributed by atoms with Crippen LogP contribution in [-0.4, -0.2) is 58.0 Å². The van der Waals surface area contributed by atoms with Crippen LogP contribution in [-0.2, 0) is 9.59 Å². The molecule has 6 rings (SSSR count). The van der Waals surface area contributed by atoms with E-state index in [0.717, 1.165) is 0 Å². The van der Waals surface area contributed by atoms with Gasteiger partial charge in [-0.3, -0.25) is 9.59 Å². The molecule has 22 heteroatoms. The molecule has 0 radical (unpaired) electrons. The molecule has 0 aliphatic carbocycles. The topological polar surface area (TPSA) is 232 Å². The van der Waals surface area contributed by atoms with Gasteiger partial charge in [0.2, 0.25) is 0 Å². The molecule has 0 fully saturated rings. The SMILES string of the molecule is O=C(CCC(=O)Oc1ccccc1C(=O)Oc1ccccc1C(=O)Oc1ccccc1C(=O)O)Oc1ccccc1C(=O)Oc1ccccc1C(=O)Oc1ccccc1C(=O)O.[H-].[H-].[H-].[H-].[H-].[H-].[Na+].[Na+].[Na+].[Na+].[Na+].[Na+]. The molecule has 0 bridgehead atoms. The maximum Gasteiger partial charge on any atom is 1.00 e. The molecule has 0 aromatic heterocycles. The molecule has 2 N–H and O–H groups in total. The van der Waals surface area contributed by atoms with Crippen LogP contribution < -0.4 is 206 Å². The van der Waals surface area contributed by atoms with Gasteiger partial charge in [-0.25, -0.2) is 28.8 Å². The second-order valence-electron chi connectivity index (χ2n) is 12.6. The molecule has 0 unspecified atom stereocenters. The van der Waals surface area contributed by atoms with Crippen LogP contribution in [0.1, 0.15) is 83.5 Å². The van der Waals surface area contributed by atoms with Crippen LogP contribution in [0.25, 0.3) is 0 Å². The number of esters is 6. The molecule has 0 saturated heterocycles.